The number of carboxylic acid groups (broad SMARTS) is 1. The number of imidazole rings is 1. The molecule has 0 bridgehead atoms. The zero-order chi connectivity index (χ0) is 32.0. The van der Waals surface area contributed by atoms with Gasteiger partial charge < -0.3 is 24.6 Å². The summed E-state index contributed by atoms with van der Waals surface area (Å²) >= 11 is 13.8. The average molecular weight is 654 g/mol. The summed E-state index contributed by atoms with van der Waals surface area (Å²) in [4.78, 5) is 37.5. The van der Waals surface area contributed by atoms with Gasteiger partial charge in [0, 0.05) is 74.1 Å². The van der Waals surface area contributed by atoms with Crippen LogP contribution in [0.3, 0.4) is 0 Å². The third-order valence-electron chi connectivity index (χ3n) is 8.32. The minimum absolute atomic E-state index is 0.206. The van der Waals surface area contributed by atoms with Gasteiger partial charge in [0.1, 0.15) is 0 Å². The van der Waals surface area contributed by atoms with E-state index in [1.54, 1.807) is 29.2 Å². The van der Waals surface area contributed by atoms with Gasteiger partial charge in [0.05, 0.1) is 34.2 Å². The maximum atomic E-state index is 14.2. The highest BCUT2D eigenvalue weighted by molar-refractivity contribution is 6.39. The van der Waals surface area contributed by atoms with Crippen molar-refractivity contribution in [2.75, 3.05) is 39.1 Å². The molecule has 0 saturated carbocycles. The standard InChI is InChI=1S/C32H31Cl2FN6O4/c1-39-13-12-25-24(15-39)36-28(40(25)2)29(42)37-23-9-5-7-20(27(23)34)19-6-4-8-21(26(19)33)22-11-10-18(30(38-22)45-3)14-41-16-32(35,17-41)31(43)44/h4-11H,12-17H2,1-3H3,(H,37,42)(H,43,44). The topological polar surface area (TPSA) is 113 Å². The van der Waals surface area contributed by atoms with E-state index in [0.717, 1.165) is 24.4 Å². The Kier molecular flexibility index (Phi) is 8.30. The van der Waals surface area contributed by atoms with Crippen molar-refractivity contribution < 1.29 is 23.8 Å². The van der Waals surface area contributed by atoms with Crippen LogP contribution in [0.15, 0.2) is 48.5 Å². The summed E-state index contributed by atoms with van der Waals surface area (Å²) in [7, 11) is 5.36. The molecule has 10 nitrogen and oxygen atoms in total. The summed E-state index contributed by atoms with van der Waals surface area (Å²) in [5.74, 6) is -1.17. The summed E-state index contributed by atoms with van der Waals surface area (Å²) in [6.07, 6.45) is 0.822. The summed E-state index contributed by atoms with van der Waals surface area (Å²) in [6.45, 7) is 1.47. The first-order valence-electron chi connectivity index (χ1n) is 14.3. The Balaban J connectivity index is 1.25. The van der Waals surface area contributed by atoms with Crippen LogP contribution in [0.25, 0.3) is 22.4 Å². The number of carboxylic acids is 1. The number of likely N-dealkylation sites (N-methyl/N-ethyl adjacent to an activating group) is 1. The number of alkyl halides is 1. The van der Waals surface area contributed by atoms with Crippen LogP contribution in [0.4, 0.5) is 10.1 Å². The Morgan fingerprint density at radius 2 is 1.71 bits per heavy atom. The lowest BCUT2D eigenvalue weighted by molar-refractivity contribution is -0.164. The van der Waals surface area contributed by atoms with Gasteiger partial charge in [-0.2, -0.15) is 0 Å². The number of methoxy groups -OCH3 is 1. The van der Waals surface area contributed by atoms with Gasteiger partial charge in [-0.15, -0.1) is 0 Å². The summed E-state index contributed by atoms with van der Waals surface area (Å²) in [6, 6.07) is 14.4. The Morgan fingerprint density at radius 3 is 2.42 bits per heavy atom. The fourth-order valence-electron chi connectivity index (χ4n) is 5.88. The number of pyridine rings is 1. The normalized spacial score (nSPS) is 16.1. The molecule has 2 aliphatic heterocycles. The highest BCUT2D eigenvalue weighted by atomic mass is 35.5. The third kappa shape index (κ3) is 5.77. The van der Waals surface area contributed by atoms with Gasteiger partial charge >= 0.3 is 5.97 Å². The van der Waals surface area contributed by atoms with Gasteiger partial charge in [0.2, 0.25) is 11.5 Å². The number of benzene rings is 2. The van der Waals surface area contributed by atoms with Crippen LogP contribution in [-0.2, 0) is 31.4 Å². The summed E-state index contributed by atoms with van der Waals surface area (Å²) < 4.78 is 21.6. The molecule has 2 aliphatic rings. The number of hydrogen-bond acceptors (Lipinski definition) is 7. The van der Waals surface area contributed by atoms with Crippen LogP contribution in [0.2, 0.25) is 10.0 Å². The fourth-order valence-corrected chi connectivity index (χ4v) is 6.48. The molecule has 0 atom stereocenters. The maximum absolute atomic E-state index is 14.2. The van der Waals surface area contributed by atoms with Crippen molar-refractivity contribution in [3.8, 4) is 28.3 Å². The Morgan fingerprint density at radius 1 is 1.02 bits per heavy atom. The van der Waals surface area contributed by atoms with Crippen molar-refractivity contribution in [1.29, 1.82) is 0 Å². The molecule has 234 valence electrons. The molecule has 0 radical (unpaired) electrons. The molecule has 1 amide bonds. The average Bonchev–Trinajstić information content (AvgIpc) is 3.33. The van der Waals surface area contributed by atoms with Crippen LogP contribution in [0.5, 0.6) is 5.88 Å². The van der Waals surface area contributed by atoms with Gasteiger partial charge in [0.25, 0.3) is 5.91 Å². The van der Waals surface area contributed by atoms with Crippen molar-refractivity contribution in [3.05, 3.63) is 81.4 Å². The number of likely N-dealkylation sites (tertiary alicyclic amines) is 1. The molecule has 0 unspecified atom stereocenters. The third-order valence-corrected chi connectivity index (χ3v) is 9.13. The highest BCUT2D eigenvalue weighted by Gasteiger charge is 2.50. The van der Waals surface area contributed by atoms with Crippen molar-refractivity contribution in [3.63, 3.8) is 0 Å². The second kappa shape index (κ2) is 12.1. The predicted octanol–water partition coefficient (Wildman–Crippen LogP) is 5.31. The molecule has 4 heterocycles. The Hall–Kier alpha value is -4.03. The molecule has 6 rings (SSSR count). The van der Waals surface area contributed by atoms with Gasteiger partial charge in [-0.25, -0.2) is 19.2 Å². The van der Waals surface area contributed by atoms with Crippen LogP contribution < -0.4 is 10.1 Å². The SMILES string of the molecule is COc1nc(-c2cccc(-c3cccc(NC(=O)c4nc5c(n4C)CCN(C)C5)c3Cl)c2Cl)ccc1CN1CC(F)(C(=O)O)C1. The molecule has 0 spiro atoms. The molecular formula is C32H31Cl2FN6O4. The molecule has 4 aromatic rings. The first-order valence-corrected chi connectivity index (χ1v) is 15.1. The molecule has 2 N–H and O–H groups in total. The highest BCUT2D eigenvalue weighted by Crippen LogP contribution is 2.42. The van der Waals surface area contributed by atoms with E-state index in [9.17, 15) is 14.0 Å². The monoisotopic (exact) mass is 652 g/mol. The van der Waals surface area contributed by atoms with E-state index in [1.165, 1.54) is 7.11 Å². The number of carbonyl (C=O) groups excluding carboxylic acids is 1. The second-order valence-electron chi connectivity index (χ2n) is 11.4. The van der Waals surface area contributed by atoms with E-state index in [2.05, 4.69) is 20.2 Å². The van der Waals surface area contributed by atoms with Crippen molar-refractivity contribution >= 4 is 40.8 Å². The fraction of sp³-hybridized carbons (Fsp3) is 0.312. The lowest BCUT2D eigenvalue weighted by Gasteiger charge is -2.41. The molecule has 2 aromatic carbocycles. The molecule has 0 aliphatic carbocycles. The minimum Gasteiger partial charge on any atom is -0.481 e. The number of rotatable bonds is 8. The number of carbonyl (C=O) groups is 2. The van der Waals surface area contributed by atoms with Gasteiger partial charge in [-0.1, -0.05) is 59.6 Å². The molecule has 2 aromatic heterocycles. The van der Waals surface area contributed by atoms with Crippen LogP contribution in [-0.4, -0.2) is 80.8 Å². The number of nitrogens with zero attached hydrogens (tertiary/aromatic N) is 5. The first-order chi connectivity index (χ1) is 21.5. The number of hydrogen-bond donors (Lipinski definition) is 2. The smallest absolute Gasteiger partial charge is 0.344 e. The number of fused-ring (bicyclic) bond motifs is 1. The second-order valence-corrected chi connectivity index (χ2v) is 12.2. The number of anilines is 1. The number of nitrogens with one attached hydrogen (secondary N) is 1. The predicted molar refractivity (Wildman–Crippen MR) is 170 cm³/mol. The maximum Gasteiger partial charge on any atom is 0.344 e. The molecule has 1 fully saturated rings. The Labute approximate surface area is 269 Å². The molecular weight excluding hydrogens is 622 g/mol. The zero-order valence-corrected chi connectivity index (χ0v) is 26.4. The van der Waals surface area contributed by atoms with E-state index < -0.39 is 11.6 Å². The molecule has 13 heteroatoms. The van der Waals surface area contributed by atoms with E-state index in [1.807, 2.05) is 42.9 Å². The number of amides is 1. The number of aliphatic carboxylic acids is 1. The van der Waals surface area contributed by atoms with Crippen LogP contribution >= 0.6 is 23.2 Å². The van der Waals surface area contributed by atoms with Crippen LogP contribution in [0.1, 0.15) is 27.6 Å². The zero-order valence-electron chi connectivity index (χ0n) is 24.9. The minimum atomic E-state index is -2.23. The molecule has 45 heavy (non-hydrogen) atoms. The first kappa shape index (κ1) is 31.0. The molecule has 1 saturated heterocycles. The summed E-state index contributed by atoms with van der Waals surface area (Å²) in [5, 5.41) is 12.7. The lowest BCUT2D eigenvalue weighted by atomic mass is 9.96. The quantitative estimate of drug-likeness (QED) is 0.263. The van der Waals surface area contributed by atoms with E-state index in [0.29, 0.717) is 61.9 Å². The summed E-state index contributed by atoms with van der Waals surface area (Å²) in [5.41, 5.74) is 3.28. The van der Waals surface area contributed by atoms with E-state index in [-0.39, 0.29) is 25.5 Å². The number of halogens is 3. The largest absolute Gasteiger partial charge is 0.481 e. The number of aromatic nitrogens is 3. The van der Waals surface area contributed by atoms with Crippen molar-refractivity contribution in [1.82, 2.24) is 24.3 Å². The van der Waals surface area contributed by atoms with Crippen molar-refractivity contribution in [2.45, 2.75) is 25.2 Å². The number of ether oxygens (including phenoxy) is 1. The van der Waals surface area contributed by atoms with Crippen molar-refractivity contribution in [2.24, 2.45) is 7.05 Å². The van der Waals surface area contributed by atoms with E-state index in [4.69, 9.17) is 33.0 Å². The Bertz CT molecular complexity index is 1820. The van der Waals surface area contributed by atoms with Gasteiger partial charge in [0.15, 0.2) is 5.82 Å². The van der Waals surface area contributed by atoms with Gasteiger partial charge in [-0.3, -0.25) is 9.69 Å². The van der Waals surface area contributed by atoms with Crippen LogP contribution in [0, 0.1) is 0 Å². The van der Waals surface area contributed by atoms with Gasteiger partial charge in [-0.05, 0) is 19.2 Å². The lowest BCUT2D eigenvalue weighted by Crippen LogP contribution is -2.62. The van der Waals surface area contributed by atoms with E-state index >= 15 is 0 Å².